The molecule has 0 unspecified atom stereocenters. The van der Waals surface area contributed by atoms with Crippen molar-refractivity contribution in [2.45, 2.75) is 45.6 Å². The summed E-state index contributed by atoms with van der Waals surface area (Å²) in [5, 5.41) is 11.2. The lowest BCUT2D eigenvalue weighted by atomic mass is 10.2. The van der Waals surface area contributed by atoms with Gasteiger partial charge in [0.1, 0.15) is 5.60 Å². The van der Waals surface area contributed by atoms with Crippen molar-refractivity contribution in [2.24, 2.45) is 0 Å². The lowest BCUT2D eigenvalue weighted by Crippen LogP contribution is -2.36. The molecule has 2 N–H and O–H groups in total. The average Bonchev–Trinajstić information content (AvgIpc) is 2.90. The van der Waals surface area contributed by atoms with Crippen LogP contribution in [0.1, 0.15) is 40.0 Å². The molecule has 0 aliphatic rings. The Bertz CT molecular complexity index is 661. The Labute approximate surface area is 244 Å². The second-order valence-corrected chi connectivity index (χ2v) is 9.79. The highest BCUT2D eigenvalue weighted by molar-refractivity contribution is 5.80. The summed E-state index contributed by atoms with van der Waals surface area (Å²) in [5.74, 6) is -1.25. The predicted octanol–water partition coefficient (Wildman–Crippen LogP) is 1.34. The summed E-state index contributed by atoms with van der Waals surface area (Å²) in [5.41, 5.74) is -0.515. The fourth-order valence-corrected chi connectivity index (χ4v) is 2.77. The van der Waals surface area contributed by atoms with Crippen molar-refractivity contribution in [3.05, 3.63) is 0 Å². The maximum Gasteiger partial charge on any atom is 0.410 e. The van der Waals surface area contributed by atoms with Gasteiger partial charge in [-0.25, -0.2) is 4.79 Å². The molecule has 0 rings (SSSR count). The minimum atomic E-state index is -0.985. The highest BCUT2D eigenvalue weighted by Gasteiger charge is 2.19. The zero-order valence-electron chi connectivity index (χ0n) is 25.3. The molecule has 0 atom stereocenters. The molecule has 14 heteroatoms. The Hall–Kier alpha value is -2.07. The molecule has 0 fully saturated rings. The number of nitrogens with one attached hydrogen (secondary N) is 1. The summed E-state index contributed by atoms with van der Waals surface area (Å²) in [6.45, 7) is 12.8. The van der Waals surface area contributed by atoms with Gasteiger partial charge in [-0.15, -0.1) is 0 Å². The molecule has 2 amide bonds. The SMILES string of the molecule is CN(CCOCCOCCOCCOCCOCCOCCOCCCNC(=O)CCC(=O)O)C(=O)OC(C)(C)C. The summed E-state index contributed by atoms with van der Waals surface area (Å²) >= 11 is 0. The molecule has 0 aromatic rings. The number of ether oxygens (including phenoxy) is 8. The van der Waals surface area contributed by atoms with Gasteiger partial charge in [-0.3, -0.25) is 9.59 Å². The van der Waals surface area contributed by atoms with Crippen LogP contribution in [0.2, 0.25) is 0 Å². The Morgan fingerprint density at radius 2 is 1.02 bits per heavy atom. The van der Waals surface area contributed by atoms with Crippen LogP contribution in [0.25, 0.3) is 0 Å². The van der Waals surface area contributed by atoms with Crippen molar-refractivity contribution >= 4 is 18.0 Å². The van der Waals surface area contributed by atoms with Crippen molar-refractivity contribution in [3.8, 4) is 0 Å². The first-order valence-corrected chi connectivity index (χ1v) is 14.1. The molecule has 0 aliphatic carbocycles. The molecule has 0 aliphatic heterocycles. The van der Waals surface area contributed by atoms with Gasteiger partial charge in [0.15, 0.2) is 0 Å². The van der Waals surface area contributed by atoms with Crippen LogP contribution in [-0.4, -0.2) is 146 Å². The van der Waals surface area contributed by atoms with Gasteiger partial charge < -0.3 is 53.2 Å². The number of rotatable bonds is 28. The van der Waals surface area contributed by atoms with E-state index >= 15 is 0 Å². The summed E-state index contributed by atoms with van der Waals surface area (Å²) in [6.07, 6.45) is 0.0998. The van der Waals surface area contributed by atoms with E-state index in [1.807, 2.05) is 20.8 Å². The van der Waals surface area contributed by atoms with Crippen molar-refractivity contribution < 1.29 is 57.4 Å². The first-order chi connectivity index (χ1) is 19.6. The van der Waals surface area contributed by atoms with E-state index in [2.05, 4.69) is 5.32 Å². The second kappa shape index (κ2) is 26.8. The molecule has 0 spiro atoms. The quantitative estimate of drug-likeness (QED) is 0.125. The molecule has 0 aromatic carbocycles. The van der Waals surface area contributed by atoms with Crippen LogP contribution in [-0.2, 0) is 47.5 Å². The third-order valence-corrected chi connectivity index (χ3v) is 4.86. The molecule has 14 nitrogen and oxygen atoms in total. The smallest absolute Gasteiger partial charge is 0.410 e. The normalized spacial score (nSPS) is 11.4. The lowest BCUT2D eigenvalue weighted by Gasteiger charge is -2.24. The van der Waals surface area contributed by atoms with Crippen LogP contribution < -0.4 is 5.32 Å². The van der Waals surface area contributed by atoms with Gasteiger partial charge in [0.05, 0.1) is 92.3 Å². The van der Waals surface area contributed by atoms with E-state index in [1.54, 1.807) is 7.05 Å². The molecule has 242 valence electrons. The number of hydrogen-bond donors (Lipinski definition) is 2. The average molecular weight is 597 g/mol. The Morgan fingerprint density at radius 1 is 0.634 bits per heavy atom. The van der Waals surface area contributed by atoms with Crippen LogP contribution in [0.3, 0.4) is 0 Å². The van der Waals surface area contributed by atoms with Crippen LogP contribution in [0.15, 0.2) is 0 Å². The Morgan fingerprint density at radius 3 is 1.41 bits per heavy atom. The second-order valence-electron chi connectivity index (χ2n) is 9.79. The monoisotopic (exact) mass is 596 g/mol. The fraction of sp³-hybridized carbons (Fsp3) is 0.889. The van der Waals surface area contributed by atoms with Gasteiger partial charge in [-0.05, 0) is 27.2 Å². The van der Waals surface area contributed by atoms with E-state index in [4.69, 9.17) is 43.0 Å². The van der Waals surface area contributed by atoms with E-state index in [0.29, 0.717) is 112 Å². The summed E-state index contributed by atoms with van der Waals surface area (Å²) in [6, 6.07) is 0. The molecular weight excluding hydrogens is 544 g/mol. The zero-order chi connectivity index (χ0) is 30.6. The van der Waals surface area contributed by atoms with Crippen LogP contribution in [0.5, 0.6) is 0 Å². The highest BCUT2D eigenvalue weighted by atomic mass is 16.6. The topological polar surface area (TPSA) is 161 Å². The van der Waals surface area contributed by atoms with Gasteiger partial charge in [-0.2, -0.15) is 0 Å². The van der Waals surface area contributed by atoms with E-state index in [1.165, 1.54) is 4.90 Å². The maximum absolute atomic E-state index is 11.8. The summed E-state index contributed by atoms with van der Waals surface area (Å²) in [4.78, 5) is 35.0. The fourth-order valence-electron chi connectivity index (χ4n) is 2.77. The largest absolute Gasteiger partial charge is 0.481 e. The number of aliphatic carboxylic acids is 1. The van der Waals surface area contributed by atoms with E-state index < -0.39 is 11.6 Å². The van der Waals surface area contributed by atoms with Gasteiger partial charge in [0.25, 0.3) is 0 Å². The number of carbonyl (C=O) groups is 3. The van der Waals surface area contributed by atoms with Crippen LogP contribution in [0, 0.1) is 0 Å². The molecule has 0 heterocycles. The highest BCUT2D eigenvalue weighted by Crippen LogP contribution is 2.08. The van der Waals surface area contributed by atoms with Gasteiger partial charge in [-0.1, -0.05) is 0 Å². The van der Waals surface area contributed by atoms with Crippen LogP contribution >= 0.6 is 0 Å². The number of carboxylic acids is 1. The van der Waals surface area contributed by atoms with Gasteiger partial charge in [0.2, 0.25) is 5.91 Å². The Balaban J connectivity index is 3.21. The molecule has 0 bridgehead atoms. The molecule has 0 saturated carbocycles. The minimum absolute atomic E-state index is 0.0117. The minimum Gasteiger partial charge on any atom is -0.481 e. The van der Waals surface area contributed by atoms with E-state index in [9.17, 15) is 14.4 Å². The predicted molar refractivity (Wildman–Crippen MR) is 149 cm³/mol. The van der Waals surface area contributed by atoms with Gasteiger partial charge >= 0.3 is 12.1 Å². The number of hydrogen-bond acceptors (Lipinski definition) is 11. The third-order valence-electron chi connectivity index (χ3n) is 4.86. The number of amides is 2. The van der Waals surface area contributed by atoms with Crippen molar-refractivity contribution in [2.75, 3.05) is 113 Å². The first kappa shape index (κ1) is 38.9. The van der Waals surface area contributed by atoms with Crippen molar-refractivity contribution in [1.29, 1.82) is 0 Å². The first-order valence-electron chi connectivity index (χ1n) is 14.1. The molecule has 0 radical (unpaired) electrons. The Kier molecular flexibility index (Phi) is 25.5. The third kappa shape index (κ3) is 30.7. The van der Waals surface area contributed by atoms with Crippen LogP contribution in [0.4, 0.5) is 4.79 Å². The molecule has 0 saturated heterocycles. The molecule has 41 heavy (non-hydrogen) atoms. The standard InChI is InChI=1S/C27H52N2O12/c1-27(2,3)41-26(33)29(4)9-11-35-13-15-37-17-19-39-21-23-40-22-20-38-18-16-36-14-12-34-10-5-8-28-24(30)6-7-25(31)32/h5-23H2,1-4H3,(H,28,30)(H,31,32). The van der Waals surface area contributed by atoms with Gasteiger partial charge in [0, 0.05) is 33.2 Å². The number of nitrogens with zero attached hydrogens (tertiary/aromatic N) is 1. The number of carbonyl (C=O) groups excluding carboxylic acids is 2. The zero-order valence-corrected chi connectivity index (χ0v) is 25.3. The summed E-state index contributed by atoms with van der Waals surface area (Å²) in [7, 11) is 1.67. The van der Waals surface area contributed by atoms with Crippen molar-refractivity contribution in [3.63, 3.8) is 0 Å². The molecular formula is C27H52N2O12. The number of carboxylic acid groups (broad SMARTS) is 1. The maximum atomic E-state index is 11.8. The lowest BCUT2D eigenvalue weighted by molar-refractivity contribution is -0.138. The number of likely N-dealkylation sites (N-methyl/N-ethyl adjacent to an activating group) is 1. The van der Waals surface area contributed by atoms with Crippen molar-refractivity contribution in [1.82, 2.24) is 10.2 Å². The van der Waals surface area contributed by atoms with E-state index in [0.717, 1.165) is 0 Å². The molecule has 0 aromatic heterocycles. The summed E-state index contributed by atoms with van der Waals surface area (Å²) < 4.78 is 43.3. The van der Waals surface area contributed by atoms with E-state index in [-0.39, 0.29) is 24.8 Å².